The number of hydrogen-bond acceptors (Lipinski definition) is 5. The molecule has 0 aliphatic heterocycles. The lowest BCUT2D eigenvalue weighted by atomic mass is 10.0. The fourth-order valence-corrected chi connectivity index (χ4v) is 4.89. The van der Waals surface area contributed by atoms with Gasteiger partial charge in [-0.2, -0.15) is 18.4 Å². The number of thiophene rings is 1. The fraction of sp³-hybridized carbons (Fsp3) is 0.179. The minimum absolute atomic E-state index is 0.137. The Bertz CT molecular complexity index is 1680. The van der Waals surface area contributed by atoms with E-state index in [-0.39, 0.29) is 16.1 Å². The highest BCUT2D eigenvalue weighted by Gasteiger charge is 2.37. The third-order valence-electron chi connectivity index (χ3n) is 5.84. The molecule has 5 nitrogen and oxygen atoms in total. The quantitative estimate of drug-likeness (QED) is 0.224. The van der Waals surface area contributed by atoms with E-state index in [9.17, 15) is 32.0 Å². The van der Waals surface area contributed by atoms with Gasteiger partial charge < -0.3 is 9.30 Å². The lowest BCUT2D eigenvalue weighted by molar-refractivity contribution is -0.137. The number of nitriles is 1. The normalized spacial score (nSPS) is 11.3. The topological polar surface area (TPSA) is 67.9 Å². The number of hydrogen-bond donors (Lipinski definition) is 0. The molecule has 4 aromatic rings. The van der Waals surface area contributed by atoms with Gasteiger partial charge in [0, 0.05) is 29.0 Å². The number of benzene rings is 1. The standard InChI is InChI=1S/C28H20F5N3O2S/c1-4-38-26-20(15(2)3)7-17(12-35-26)18-8-25(39-14-18)24-10-22(28(31,32)33)21(11-34)27(37)36(24)13-16-5-6-19(29)9-23(16)30/h5-10,12,14H,2,4,13H2,1,3H3. The Morgan fingerprint density at radius 1 is 1.18 bits per heavy atom. The Kier molecular flexibility index (Phi) is 7.70. The SMILES string of the molecule is C=C(C)c1cc(-c2csc(-c3cc(C(F)(F)F)c(C#N)c(=O)n3Cc3ccc(F)cc3F)c2)cnc1OCC. The lowest BCUT2D eigenvalue weighted by Gasteiger charge is -2.17. The summed E-state index contributed by atoms with van der Waals surface area (Å²) in [4.78, 5) is 17.7. The number of nitrogens with zero attached hydrogens (tertiary/aromatic N) is 3. The molecular weight excluding hydrogens is 537 g/mol. The van der Waals surface area contributed by atoms with Crippen molar-refractivity contribution >= 4 is 16.9 Å². The molecule has 11 heteroatoms. The Morgan fingerprint density at radius 2 is 1.92 bits per heavy atom. The highest BCUT2D eigenvalue weighted by molar-refractivity contribution is 7.14. The van der Waals surface area contributed by atoms with Crippen molar-refractivity contribution in [1.29, 1.82) is 5.26 Å². The highest BCUT2D eigenvalue weighted by atomic mass is 32.1. The highest BCUT2D eigenvalue weighted by Crippen LogP contribution is 2.38. The first-order chi connectivity index (χ1) is 18.4. The zero-order valence-electron chi connectivity index (χ0n) is 20.7. The van der Waals surface area contributed by atoms with Crippen LogP contribution in [0.1, 0.15) is 36.1 Å². The number of alkyl halides is 3. The van der Waals surface area contributed by atoms with Gasteiger partial charge in [-0.25, -0.2) is 13.8 Å². The van der Waals surface area contributed by atoms with Gasteiger partial charge in [0.2, 0.25) is 5.88 Å². The van der Waals surface area contributed by atoms with Gasteiger partial charge in [0.1, 0.15) is 23.3 Å². The second-order valence-electron chi connectivity index (χ2n) is 8.54. The molecule has 3 aromatic heterocycles. The van der Waals surface area contributed by atoms with E-state index >= 15 is 0 Å². The number of rotatable bonds is 7. The van der Waals surface area contributed by atoms with Crippen LogP contribution in [0.3, 0.4) is 0 Å². The van der Waals surface area contributed by atoms with Crippen LogP contribution in [0.2, 0.25) is 0 Å². The van der Waals surface area contributed by atoms with Crippen molar-refractivity contribution in [2.45, 2.75) is 26.6 Å². The maximum absolute atomic E-state index is 14.4. The molecule has 0 N–H and O–H groups in total. The van der Waals surface area contributed by atoms with Crippen LogP contribution in [-0.2, 0) is 12.7 Å². The Hall–Kier alpha value is -4.30. The lowest BCUT2D eigenvalue weighted by Crippen LogP contribution is -2.28. The maximum atomic E-state index is 14.4. The molecule has 0 saturated heterocycles. The van der Waals surface area contributed by atoms with Crippen LogP contribution in [0, 0.1) is 23.0 Å². The van der Waals surface area contributed by atoms with Crippen molar-refractivity contribution in [1.82, 2.24) is 9.55 Å². The van der Waals surface area contributed by atoms with Crippen LogP contribution >= 0.6 is 11.3 Å². The second-order valence-corrected chi connectivity index (χ2v) is 9.46. The second kappa shape index (κ2) is 10.8. The molecule has 1 aromatic carbocycles. The first kappa shape index (κ1) is 27.7. The third kappa shape index (κ3) is 5.61. The van der Waals surface area contributed by atoms with E-state index in [0.29, 0.717) is 46.9 Å². The van der Waals surface area contributed by atoms with Gasteiger partial charge in [0.25, 0.3) is 5.56 Å². The van der Waals surface area contributed by atoms with Gasteiger partial charge in [0.05, 0.1) is 29.3 Å². The van der Waals surface area contributed by atoms with E-state index in [1.54, 1.807) is 30.6 Å². The van der Waals surface area contributed by atoms with Crippen LogP contribution in [0.15, 0.2) is 59.3 Å². The molecule has 0 radical (unpaired) electrons. The molecule has 39 heavy (non-hydrogen) atoms. The fourth-order valence-electron chi connectivity index (χ4n) is 3.95. The van der Waals surface area contributed by atoms with E-state index in [2.05, 4.69) is 11.6 Å². The van der Waals surface area contributed by atoms with Gasteiger partial charge >= 0.3 is 6.18 Å². The van der Waals surface area contributed by atoms with Crippen LogP contribution in [0.25, 0.3) is 27.3 Å². The van der Waals surface area contributed by atoms with Crippen LogP contribution in [0.4, 0.5) is 22.0 Å². The summed E-state index contributed by atoms with van der Waals surface area (Å²) in [6.45, 7) is 7.40. The van der Waals surface area contributed by atoms with Gasteiger partial charge in [-0.1, -0.05) is 12.6 Å². The van der Waals surface area contributed by atoms with E-state index in [0.717, 1.165) is 28.0 Å². The average Bonchev–Trinajstić information content (AvgIpc) is 3.36. The summed E-state index contributed by atoms with van der Waals surface area (Å²) in [5.41, 5.74) is -1.50. The zero-order valence-corrected chi connectivity index (χ0v) is 21.5. The molecular formula is C28H20F5N3O2S. The zero-order chi connectivity index (χ0) is 28.5. The summed E-state index contributed by atoms with van der Waals surface area (Å²) in [7, 11) is 0. The third-order valence-corrected chi connectivity index (χ3v) is 6.79. The number of halogens is 5. The summed E-state index contributed by atoms with van der Waals surface area (Å²) >= 11 is 1.05. The van der Waals surface area contributed by atoms with Gasteiger partial charge in [-0.05, 0) is 54.6 Å². The average molecular weight is 558 g/mol. The van der Waals surface area contributed by atoms with Crippen molar-refractivity contribution < 1.29 is 26.7 Å². The summed E-state index contributed by atoms with van der Waals surface area (Å²) in [5, 5.41) is 11.1. The van der Waals surface area contributed by atoms with E-state index in [1.165, 1.54) is 6.07 Å². The Morgan fingerprint density at radius 3 is 2.54 bits per heavy atom. The molecule has 0 aliphatic carbocycles. The summed E-state index contributed by atoms with van der Waals surface area (Å²) in [5.74, 6) is -1.44. The monoisotopic (exact) mass is 557 g/mol. The van der Waals surface area contributed by atoms with Crippen LogP contribution in [0.5, 0.6) is 5.88 Å². The number of aromatic nitrogens is 2. The molecule has 200 valence electrons. The van der Waals surface area contributed by atoms with Gasteiger partial charge in [-0.3, -0.25) is 4.79 Å². The van der Waals surface area contributed by atoms with E-state index < -0.39 is 41.0 Å². The van der Waals surface area contributed by atoms with Crippen LogP contribution < -0.4 is 10.3 Å². The molecule has 3 heterocycles. The Labute approximate surface area is 224 Å². The van der Waals surface area contributed by atoms with Crippen molar-refractivity contribution in [3.05, 3.63) is 98.8 Å². The smallest absolute Gasteiger partial charge is 0.417 e. The minimum atomic E-state index is -4.99. The van der Waals surface area contributed by atoms with Gasteiger partial charge in [-0.15, -0.1) is 11.3 Å². The van der Waals surface area contributed by atoms with E-state index in [4.69, 9.17) is 4.74 Å². The molecule has 0 bridgehead atoms. The van der Waals surface area contributed by atoms with Crippen molar-refractivity contribution in [2.24, 2.45) is 0 Å². The summed E-state index contributed by atoms with van der Waals surface area (Å²) in [6.07, 6.45) is -3.45. The number of ether oxygens (including phenoxy) is 1. The first-order valence-corrected chi connectivity index (χ1v) is 12.4. The molecule has 0 fully saturated rings. The molecule has 0 atom stereocenters. The largest absolute Gasteiger partial charge is 0.478 e. The molecule has 0 aliphatic rings. The summed E-state index contributed by atoms with van der Waals surface area (Å²) in [6, 6.07) is 8.06. The maximum Gasteiger partial charge on any atom is 0.417 e. The molecule has 0 amide bonds. The minimum Gasteiger partial charge on any atom is -0.478 e. The van der Waals surface area contributed by atoms with Crippen molar-refractivity contribution in [3.63, 3.8) is 0 Å². The molecule has 0 saturated carbocycles. The predicted octanol–water partition coefficient (Wildman–Crippen LogP) is 7.29. The summed E-state index contributed by atoms with van der Waals surface area (Å²) < 4.78 is 75.8. The van der Waals surface area contributed by atoms with Crippen molar-refractivity contribution in [3.8, 4) is 33.6 Å². The Balaban J connectivity index is 1.90. The van der Waals surface area contributed by atoms with Crippen LogP contribution in [-0.4, -0.2) is 16.2 Å². The van der Waals surface area contributed by atoms with Crippen molar-refractivity contribution in [2.75, 3.05) is 6.61 Å². The van der Waals surface area contributed by atoms with Gasteiger partial charge in [0.15, 0.2) is 0 Å². The molecule has 0 unspecified atom stereocenters. The molecule has 4 rings (SSSR count). The number of pyridine rings is 2. The predicted molar refractivity (Wildman–Crippen MR) is 138 cm³/mol. The number of allylic oxidation sites excluding steroid dienone is 1. The van der Waals surface area contributed by atoms with E-state index in [1.807, 2.05) is 6.92 Å². The molecule has 0 spiro atoms. The first-order valence-electron chi connectivity index (χ1n) is 11.5.